The molecule has 1 atom stereocenters. The summed E-state index contributed by atoms with van der Waals surface area (Å²) in [7, 11) is 1.76. The Kier molecular flexibility index (Phi) is 3.46. The molecule has 1 unspecified atom stereocenters. The van der Waals surface area contributed by atoms with Crippen molar-refractivity contribution in [2.45, 2.75) is 19.8 Å². The van der Waals surface area contributed by atoms with E-state index in [9.17, 15) is 14.7 Å². The molecule has 0 saturated carbocycles. The van der Waals surface area contributed by atoms with Gasteiger partial charge in [-0.2, -0.15) is 5.10 Å². The van der Waals surface area contributed by atoms with Gasteiger partial charge in [0.25, 0.3) is 0 Å². The number of rotatable bonds is 2. The lowest BCUT2D eigenvalue weighted by Crippen LogP contribution is -2.49. The molecule has 2 amide bonds. The van der Waals surface area contributed by atoms with Crippen LogP contribution in [0.3, 0.4) is 0 Å². The van der Waals surface area contributed by atoms with Crippen molar-refractivity contribution in [1.29, 1.82) is 0 Å². The van der Waals surface area contributed by atoms with E-state index in [-0.39, 0.29) is 12.6 Å². The van der Waals surface area contributed by atoms with Gasteiger partial charge in [-0.3, -0.25) is 9.48 Å². The van der Waals surface area contributed by atoms with Gasteiger partial charge >= 0.3 is 12.0 Å². The van der Waals surface area contributed by atoms with Crippen LogP contribution in [-0.4, -0.2) is 44.9 Å². The van der Waals surface area contributed by atoms with Crippen LogP contribution < -0.4 is 5.32 Å². The Labute approximate surface area is 111 Å². The van der Waals surface area contributed by atoms with Crippen molar-refractivity contribution in [2.75, 3.05) is 18.4 Å². The van der Waals surface area contributed by atoms with Gasteiger partial charge in [0.05, 0.1) is 17.3 Å². The fraction of sp³-hybridized carbons (Fsp3) is 0.583. The number of aryl methyl sites for hydroxylation is 1. The first-order chi connectivity index (χ1) is 8.90. The molecule has 1 aliphatic heterocycles. The summed E-state index contributed by atoms with van der Waals surface area (Å²) in [6.45, 7) is 2.49. The van der Waals surface area contributed by atoms with Gasteiger partial charge in [-0.1, -0.05) is 0 Å². The number of amides is 2. The summed E-state index contributed by atoms with van der Waals surface area (Å²) in [6, 6.07) is -0.278. The Morgan fingerprint density at radius 2 is 2.26 bits per heavy atom. The monoisotopic (exact) mass is 266 g/mol. The molecule has 0 radical (unpaired) electrons. The van der Waals surface area contributed by atoms with Crippen molar-refractivity contribution in [3.8, 4) is 0 Å². The fourth-order valence-electron chi connectivity index (χ4n) is 2.28. The number of carbonyl (C=O) groups is 2. The number of aromatic nitrogens is 2. The van der Waals surface area contributed by atoms with E-state index in [1.54, 1.807) is 35.9 Å². The van der Waals surface area contributed by atoms with Gasteiger partial charge in [-0.05, 0) is 19.8 Å². The third-order valence-corrected chi connectivity index (χ3v) is 3.46. The summed E-state index contributed by atoms with van der Waals surface area (Å²) in [6.07, 6.45) is 4.54. The molecule has 1 aromatic heterocycles. The number of piperidine rings is 1. The molecule has 1 saturated heterocycles. The van der Waals surface area contributed by atoms with Crippen LogP contribution in [0.15, 0.2) is 12.4 Å². The Balaban J connectivity index is 2.01. The van der Waals surface area contributed by atoms with E-state index in [2.05, 4.69) is 10.4 Å². The largest absolute Gasteiger partial charge is 0.481 e. The smallest absolute Gasteiger partial charge is 0.321 e. The number of likely N-dealkylation sites (tertiary alicyclic amines) is 1. The zero-order valence-electron chi connectivity index (χ0n) is 11.1. The molecule has 104 valence electrons. The number of nitrogens with zero attached hydrogens (tertiary/aromatic N) is 3. The zero-order valence-corrected chi connectivity index (χ0v) is 11.1. The van der Waals surface area contributed by atoms with Gasteiger partial charge < -0.3 is 15.3 Å². The van der Waals surface area contributed by atoms with Crippen LogP contribution in [0.5, 0.6) is 0 Å². The minimum atomic E-state index is -0.857. The first kappa shape index (κ1) is 13.4. The summed E-state index contributed by atoms with van der Waals surface area (Å²) >= 11 is 0. The number of carbonyl (C=O) groups excluding carboxylic acids is 1. The Bertz CT molecular complexity index is 499. The van der Waals surface area contributed by atoms with E-state index in [1.807, 2.05) is 0 Å². The quantitative estimate of drug-likeness (QED) is 0.840. The molecule has 1 fully saturated rings. The van der Waals surface area contributed by atoms with E-state index in [4.69, 9.17) is 0 Å². The van der Waals surface area contributed by atoms with Gasteiger partial charge in [0.2, 0.25) is 0 Å². The Morgan fingerprint density at radius 1 is 1.53 bits per heavy atom. The average Bonchev–Trinajstić information content (AvgIpc) is 2.74. The van der Waals surface area contributed by atoms with E-state index in [0.717, 1.165) is 0 Å². The van der Waals surface area contributed by atoms with Crippen molar-refractivity contribution in [2.24, 2.45) is 12.5 Å². The molecule has 2 rings (SSSR count). The lowest BCUT2D eigenvalue weighted by atomic mass is 9.82. The molecule has 0 aromatic carbocycles. The van der Waals surface area contributed by atoms with Crippen LogP contribution in [0.1, 0.15) is 19.8 Å². The van der Waals surface area contributed by atoms with Crippen molar-refractivity contribution in [1.82, 2.24) is 14.7 Å². The first-order valence-corrected chi connectivity index (χ1v) is 6.19. The number of aliphatic carboxylic acids is 1. The standard InChI is InChI=1S/C12H18N4O3/c1-12(10(17)18)4-3-5-16(8-12)11(19)14-9-6-13-15(2)7-9/h6-7H,3-5,8H2,1-2H3,(H,14,19)(H,17,18). The van der Waals surface area contributed by atoms with Crippen LogP contribution in [-0.2, 0) is 11.8 Å². The normalized spacial score (nSPS) is 23.2. The van der Waals surface area contributed by atoms with E-state index < -0.39 is 11.4 Å². The van der Waals surface area contributed by atoms with Crippen LogP contribution in [0.25, 0.3) is 0 Å². The number of urea groups is 1. The topological polar surface area (TPSA) is 87.5 Å². The number of hydrogen-bond donors (Lipinski definition) is 2. The minimum Gasteiger partial charge on any atom is -0.481 e. The summed E-state index contributed by atoms with van der Waals surface area (Å²) < 4.78 is 1.59. The number of nitrogens with one attached hydrogen (secondary N) is 1. The highest BCUT2D eigenvalue weighted by Crippen LogP contribution is 2.29. The van der Waals surface area contributed by atoms with Crippen LogP contribution >= 0.6 is 0 Å². The maximum Gasteiger partial charge on any atom is 0.321 e. The number of carboxylic acids is 1. The van der Waals surface area contributed by atoms with Gasteiger partial charge in [0, 0.05) is 26.3 Å². The maximum atomic E-state index is 12.1. The summed E-state index contributed by atoms with van der Waals surface area (Å²) in [5.41, 5.74) is -0.250. The minimum absolute atomic E-state index is 0.231. The van der Waals surface area contributed by atoms with Gasteiger partial charge in [0.15, 0.2) is 0 Å². The summed E-state index contributed by atoms with van der Waals surface area (Å²) in [5, 5.41) is 15.9. The highest BCUT2D eigenvalue weighted by Gasteiger charge is 2.39. The molecule has 0 spiro atoms. The van der Waals surface area contributed by atoms with Gasteiger partial charge in [-0.25, -0.2) is 4.79 Å². The van der Waals surface area contributed by atoms with Crippen LogP contribution in [0, 0.1) is 5.41 Å². The molecule has 2 N–H and O–H groups in total. The van der Waals surface area contributed by atoms with E-state index in [1.165, 1.54) is 0 Å². The fourth-order valence-corrected chi connectivity index (χ4v) is 2.28. The molecule has 7 nitrogen and oxygen atoms in total. The van der Waals surface area contributed by atoms with Gasteiger partial charge in [0.1, 0.15) is 0 Å². The predicted octanol–water partition coefficient (Wildman–Crippen LogP) is 1.14. The molecule has 0 bridgehead atoms. The van der Waals surface area contributed by atoms with Crippen molar-refractivity contribution in [3.05, 3.63) is 12.4 Å². The lowest BCUT2D eigenvalue weighted by Gasteiger charge is -2.37. The number of carboxylic acid groups (broad SMARTS) is 1. The van der Waals surface area contributed by atoms with Gasteiger partial charge in [-0.15, -0.1) is 0 Å². The third kappa shape index (κ3) is 2.86. The zero-order chi connectivity index (χ0) is 14.0. The van der Waals surface area contributed by atoms with Crippen molar-refractivity contribution < 1.29 is 14.7 Å². The average molecular weight is 266 g/mol. The van der Waals surface area contributed by atoms with Crippen molar-refractivity contribution >= 4 is 17.7 Å². The lowest BCUT2D eigenvalue weighted by molar-refractivity contribution is -0.150. The Hall–Kier alpha value is -2.05. The second-order valence-electron chi connectivity index (χ2n) is 5.22. The summed E-state index contributed by atoms with van der Waals surface area (Å²) in [5.74, 6) is -0.855. The SMILES string of the molecule is Cn1cc(NC(=O)N2CCCC(C)(C(=O)O)C2)cn1. The van der Waals surface area contributed by atoms with E-state index in [0.29, 0.717) is 25.1 Å². The molecule has 2 heterocycles. The number of hydrogen-bond acceptors (Lipinski definition) is 3. The molecule has 1 aromatic rings. The first-order valence-electron chi connectivity index (χ1n) is 6.19. The highest BCUT2D eigenvalue weighted by atomic mass is 16.4. The molecular weight excluding hydrogens is 248 g/mol. The van der Waals surface area contributed by atoms with Crippen LogP contribution in [0.2, 0.25) is 0 Å². The maximum absolute atomic E-state index is 12.1. The molecule has 7 heteroatoms. The predicted molar refractivity (Wildman–Crippen MR) is 68.8 cm³/mol. The van der Waals surface area contributed by atoms with E-state index >= 15 is 0 Å². The Morgan fingerprint density at radius 3 is 2.84 bits per heavy atom. The van der Waals surface area contributed by atoms with Crippen LogP contribution in [0.4, 0.5) is 10.5 Å². The third-order valence-electron chi connectivity index (χ3n) is 3.46. The molecule has 19 heavy (non-hydrogen) atoms. The second kappa shape index (κ2) is 4.91. The van der Waals surface area contributed by atoms with Crippen molar-refractivity contribution in [3.63, 3.8) is 0 Å². The highest BCUT2D eigenvalue weighted by molar-refractivity contribution is 5.89. The molecule has 0 aliphatic carbocycles. The second-order valence-corrected chi connectivity index (χ2v) is 5.22. The molecule has 1 aliphatic rings. The summed E-state index contributed by atoms with van der Waals surface area (Å²) in [4.78, 5) is 24.9. The number of anilines is 1. The molecular formula is C12H18N4O3.